The third kappa shape index (κ3) is 4.69. The van der Waals surface area contributed by atoms with Crippen molar-refractivity contribution in [1.29, 1.82) is 0 Å². The largest absolute Gasteiger partial charge is 0.352 e. The van der Waals surface area contributed by atoms with Gasteiger partial charge in [0.2, 0.25) is 5.91 Å². The van der Waals surface area contributed by atoms with Crippen LogP contribution in [0.3, 0.4) is 0 Å². The molecule has 3 heterocycles. The van der Waals surface area contributed by atoms with Gasteiger partial charge in [0.15, 0.2) is 11.5 Å². The normalized spacial score (nSPS) is 15.9. The highest BCUT2D eigenvalue weighted by molar-refractivity contribution is 5.79. The standard InChI is InChI=1S/C27H27N5O2/c33-26(29-17-20-9-3-1-4-10-20)22-13-8-16-31(19-22)25-27(34)32(18-21-11-5-2-6-12-21)24-23(30-25)14-7-15-28-24/h1-7,9-12,14-15,22H,8,13,16-19H2,(H,29,33)/t22-/m0/s1. The lowest BCUT2D eigenvalue weighted by Crippen LogP contribution is -2.45. The summed E-state index contributed by atoms with van der Waals surface area (Å²) in [4.78, 5) is 37.6. The molecular weight excluding hydrogens is 426 g/mol. The van der Waals surface area contributed by atoms with Crippen molar-refractivity contribution in [2.75, 3.05) is 18.0 Å². The molecule has 0 aliphatic carbocycles. The average Bonchev–Trinajstić information content (AvgIpc) is 2.90. The second-order valence-electron chi connectivity index (χ2n) is 8.65. The summed E-state index contributed by atoms with van der Waals surface area (Å²) in [6, 6.07) is 23.4. The SMILES string of the molecule is O=C(NCc1ccccc1)[C@H]1CCCN(c2nc3cccnc3n(Cc3ccccc3)c2=O)C1. The lowest BCUT2D eigenvalue weighted by molar-refractivity contribution is -0.125. The maximum atomic E-state index is 13.6. The van der Waals surface area contributed by atoms with Crippen LogP contribution in [0.25, 0.3) is 11.2 Å². The number of nitrogens with zero attached hydrogens (tertiary/aromatic N) is 4. The van der Waals surface area contributed by atoms with Gasteiger partial charge in [-0.2, -0.15) is 0 Å². The number of benzene rings is 2. The van der Waals surface area contributed by atoms with E-state index in [1.807, 2.05) is 77.7 Å². The van der Waals surface area contributed by atoms with Gasteiger partial charge in [0.05, 0.1) is 12.5 Å². The summed E-state index contributed by atoms with van der Waals surface area (Å²) in [5.74, 6) is 0.212. The Morgan fingerprint density at radius 2 is 1.71 bits per heavy atom. The van der Waals surface area contributed by atoms with Crippen molar-refractivity contribution in [3.8, 4) is 0 Å². The van der Waals surface area contributed by atoms with Gasteiger partial charge in [0, 0.05) is 25.8 Å². The average molecular weight is 454 g/mol. The second-order valence-corrected chi connectivity index (χ2v) is 8.65. The quantitative estimate of drug-likeness (QED) is 0.484. The molecule has 7 heteroatoms. The number of carbonyl (C=O) groups excluding carboxylic acids is 1. The molecule has 2 aromatic heterocycles. The number of amides is 1. The fourth-order valence-electron chi connectivity index (χ4n) is 4.49. The van der Waals surface area contributed by atoms with Gasteiger partial charge in [-0.3, -0.25) is 14.2 Å². The van der Waals surface area contributed by atoms with Crippen LogP contribution in [0.1, 0.15) is 24.0 Å². The molecule has 4 aromatic rings. The fourth-order valence-corrected chi connectivity index (χ4v) is 4.49. The van der Waals surface area contributed by atoms with Crippen molar-refractivity contribution in [2.45, 2.75) is 25.9 Å². The highest BCUT2D eigenvalue weighted by Crippen LogP contribution is 2.22. The number of carbonyl (C=O) groups is 1. The van der Waals surface area contributed by atoms with E-state index in [-0.39, 0.29) is 17.4 Å². The summed E-state index contributed by atoms with van der Waals surface area (Å²) >= 11 is 0. The first-order valence-corrected chi connectivity index (χ1v) is 11.6. The van der Waals surface area contributed by atoms with Gasteiger partial charge in [-0.1, -0.05) is 60.7 Å². The number of hydrogen-bond acceptors (Lipinski definition) is 5. The van der Waals surface area contributed by atoms with E-state index in [9.17, 15) is 9.59 Å². The molecule has 1 amide bonds. The van der Waals surface area contributed by atoms with E-state index in [0.717, 1.165) is 24.0 Å². The van der Waals surface area contributed by atoms with Gasteiger partial charge < -0.3 is 10.2 Å². The van der Waals surface area contributed by atoms with E-state index in [2.05, 4.69) is 15.3 Å². The first-order valence-electron chi connectivity index (χ1n) is 11.6. The predicted molar refractivity (Wildman–Crippen MR) is 133 cm³/mol. The van der Waals surface area contributed by atoms with Gasteiger partial charge in [-0.25, -0.2) is 9.97 Å². The minimum absolute atomic E-state index is 0.0145. The van der Waals surface area contributed by atoms with Crippen LogP contribution in [0.4, 0.5) is 5.82 Å². The Hall–Kier alpha value is -4.00. The molecule has 2 aromatic carbocycles. The Labute approximate surface area is 198 Å². The van der Waals surface area contributed by atoms with E-state index in [1.54, 1.807) is 10.8 Å². The summed E-state index contributed by atoms with van der Waals surface area (Å²) in [6.07, 6.45) is 3.30. The van der Waals surface area contributed by atoms with Crippen LogP contribution >= 0.6 is 0 Å². The molecule has 5 rings (SSSR count). The first-order chi connectivity index (χ1) is 16.7. The van der Waals surface area contributed by atoms with Crippen LogP contribution in [0.5, 0.6) is 0 Å². The number of pyridine rings is 1. The number of nitrogens with one attached hydrogen (secondary N) is 1. The van der Waals surface area contributed by atoms with Crippen LogP contribution in [0, 0.1) is 5.92 Å². The van der Waals surface area contributed by atoms with Crippen molar-refractivity contribution in [1.82, 2.24) is 19.9 Å². The number of anilines is 1. The van der Waals surface area contributed by atoms with Gasteiger partial charge in [-0.15, -0.1) is 0 Å². The van der Waals surface area contributed by atoms with Crippen LogP contribution in [0.15, 0.2) is 83.8 Å². The molecule has 1 N–H and O–H groups in total. The molecular formula is C27H27N5O2. The molecule has 1 aliphatic heterocycles. The smallest absolute Gasteiger partial charge is 0.295 e. The van der Waals surface area contributed by atoms with Gasteiger partial charge in [0.25, 0.3) is 5.56 Å². The highest BCUT2D eigenvalue weighted by atomic mass is 16.2. The zero-order valence-electron chi connectivity index (χ0n) is 18.9. The monoisotopic (exact) mass is 453 g/mol. The van der Waals surface area contributed by atoms with Crippen LogP contribution < -0.4 is 15.8 Å². The Balaban J connectivity index is 1.40. The molecule has 0 bridgehead atoms. The van der Waals surface area contributed by atoms with E-state index in [0.29, 0.717) is 43.2 Å². The molecule has 1 aliphatic rings. The molecule has 1 fully saturated rings. The zero-order valence-corrected chi connectivity index (χ0v) is 18.9. The Kier molecular flexibility index (Phi) is 6.33. The van der Waals surface area contributed by atoms with Crippen LogP contribution in [0.2, 0.25) is 0 Å². The molecule has 0 spiro atoms. The van der Waals surface area contributed by atoms with Gasteiger partial charge >= 0.3 is 0 Å². The Morgan fingerprint density at radius 3 is 2.47 bits per heavy atom. The summed E-state index contributed by atoms with van der Waals surface area (Å²) < 4.78 is 1.69. The molecule has 34 heavy (non-hydrogen) atoms. The molecule has 1 saturated heterocycles. The number of hydrogen-bond donors (Lipinski definition) is 1. The Morgan fingerprint density at radius 1 is 0.971 bits per heavy atom. The van der Waals surface area contributed by atoms with Gasteiger partial charge in [0.1, 0.15) is 5.52 Å². The zero-order chi connectivity index (χ0) is 23.3. The first kappa shape index (κ1) is 21.8. The maximum Gasteiger partial charge on any atom is 0.295 e. The maximum absolute atomic E-state index is 13.6. The van der Waals surface area contributed by atoms with Crippen LogP contribution in [-0.4, -0.2) is 33.5 Å². The van der Waals surface area contributed by atoms with Crippen molar-refractivity contribution in [3.05, 3.63) is 100 Å². The minimum Gasteiger partial charge on any atom is -0.352 e. The summed E-state index contributed by atoms with van der Waals surface area (Å²) in [5.41, 5.74) is 3.14. The van der Waals surface area contributed by atoms with E-state index < -0.39 is 0 Å². The minimum atomic E-state index is -0.189. The molecule has 0 radical (unpaired) electrons. The van der Waals surface area contributed by atoms with Crippen LogP contribution in [-0.2, 0) is 17.9 Å². The van der Waals surface area contributed by atoms with Crippen molar-refractivity contribution >= 4 is 22.9 Å². The summed E-state index contributed by atoms with van der Waals surface area (Å²) in [7, 11) is 0. The molecule has 1 atom stereocenters. The molecule has 0 saturated carbocycles. The van der Waals surface area contributed by atoms with E-state index in [4.69, 9.17) is 0 Å². The van der Waals surface area contributed by atoms with Crippen molar-refractivity contribution in [3.63, 3.8) is 0 Å². The Bertz CT molecular complexity index is 1340. The van der Waals surface area contributed by atoms with Crippen molar-refractivity contribution in [2.24, 2.45) is 5.92 Å². The summed E-state index contributed by atoms with van der Waals surface area (Å²) in [6.45, 7) is 2.08. The number of fused-ring (bicyclic) bond motifs is 1. The fraction of sp³-hybridized carbons (Fsp3) is 0.259. The lowest BCUT2D eigenvalue weighted by Gasteiger charge is -2.32. The van der Waals surface area contributed by atoms with E-state index in [1.165, 1.54) is 0 Å². The molecule has 172 valence electrons. The third-order valence-electron chi connectivity index (χ3n) is 6.27. The van der Waals surface area contributed by atoms with Crippen molar-refractivity contribution < 1.29 is 4.79 Å². The number of piperidine rings is 1. The second kappa shape index (κ2) is 9.87. The summed E-state index contributed by atoms with van der Waals surface area (Å²) in [5, 5.41) is 3.05. The number of aromatic nitrogens is 3. The molecule has 7 nitrogen and oxygen atoms in total. The third-order valence-corrected chi connectivity index (χ3v) is 6.27. The molecule has 0 unspecified atom stereocenters. The highest BCUT2D eigenvalue weighted by Gasteiger charge is 2.28. The van der Waals surface area contributed by atoms with E-state index >= 15 is 0 Å². The predicted octanol–water partition coefficient (Wildman–Crippen LogP) is 3.37. The number of rotatable bonds is 6. The van der Waals surface area contributed by atoms with Gasteiger partial charge in [-0.05, 0) is 36.1 Å². The topological polar surface area (TPSA) is 80.1 Å². The lowest BCUT2D eigenvalue weighted by atomic mass is 9.97.